The number of nitrogens with zero attached hydrogens (tertiary/aromatic N) is 1. The first-order valence-corrected chi connectivity index (χ1v) is 11.6. The van der Waals surface area contributed by atoms with Crippen LogP contribution in [0.2, 0.25) is 0 Å². The fourth-order valence-electron chi connectivity index (χ4n) is 5.21. The van der Waals surface area contributed by atoms with Crippen molar-refractivity contribution in [1.82, 2.24) is 10.2 Å². The molecular weight excluding hydrogens is 458 g/mol. The van der Waals surface area contributed by atoms with Gasteiger partial charge in [-0.2, -0.15) is 0 Å². The molecule has 186 valence electrons. The molecule has 2 aliphatic carbocycles. The van der Waals surface area contributed by atoms with Crippen molar-refractivity contribution in [2.45, 2.75) is 56.0 Å². The maximum Gasteiger partial charge on any atom is 0.407 e. The Morgan fingerprint density at radius 2 is 1.60 bits per heavy atom. The Bertz CT molecular complexity index is 1070. The van der Waals surface area contributed by atoms with E-state index in [9.17, 15) is 28.3 Å². The maximum absolute atomic E-state index is 13.7. The van der Waals surface area contributed by atoms with Gasteiger partial charge in [-0.25, -0.2) is 18.4 Å². The minimum absolute atomic E-state index is 0.0498. The summed E-state index contributed by atoms with van der Waals surface area (Å²) >= 11 is 0. The summed E-state index contributed by atoms with van der Waals surface area (Å²) in [5, 5.41) is 11.8. The lowest BCUT2D eigenvalue weighted by Crippen LogP contribution is -2.55. The van der Waals surface area contributed by atoms with E-state index in [4.69, 9.17) is 4.74 Å². The number of nitrogens with one attached hydrogen (secondary N) is 1. The highest BCUT2D eigenvalue weighted by Crippen LogP contribution is 2.44. The van der Waals surface area contributed by atoms with Gasteiger partial charge in [0.1, 0.15) is 18.2 Å². The number of rotatable bonds is 8. The van der Waals surface area contributed by atoms with Gasteiger partial charge in [-0.1, -0.05) is 61.4 Å². The number of carboxylic acids is 1. The second-order valence-corrected chi connectivity index (χ2v) is 9.11. The quantitative estimate of drug-likeness (QED) is 0.577. The molecule has 0 aliphatic heterocycles. The van der Waals surface area contributed by atoms with E-state index in [-0.39, 0.29) is 25.4 Å². The third kappa shape index (κ3) is 4.72. The number of amides is 2. The molecule has 35 heavy (non-hydrogen) atoms. The largest absolute Gasteiger partial charge is 0.479 e. The van der Waals surface area contributed by atoms with E-state index in [2.05, 4.69) is 5.32 Å². The van der Waals surface area contributed by atoms with Gasteiger partial charge in [0.15, 0.2) is 0 Å². The van der Waals surface area contributed by atoms with Gasteiger partial charge in [0.05, 0.1) is 6.42 Å². The van der Waals surface area contributed by atoms with Crippen LogP contribution in [-0.4, -0.2) is 59.6 Å². The zero-order chi connectivity index (χ0) is 25.2. The van der Waals surface area contributed by atoms with Crippen molar-refractivity contribution < 1.29 is 33.0 Å². The lowest BCUT2D eigenvalue weighted by atomic mass is 9.95. The van der Waals surface area contributed by atoms with Crippen LogP contribution >= 0.6 is 0 Å². The van der Waals surface area contributed by atoms with Crippen molar-refractivity contribution in [1.29, 1.82) is 0 Å². The molecular formula is C26H28F2N2O5. The molecule has 2 amide bonds. The highest BCUT2D eigenvalue weighted by Gasteiger charge is 2.47. The number of carbonyl (C=O) groups is 3. The molecule has 1 atom stereocenters. The van der Waals surface area contributed by atoms with Gasteiger partial charge in [-0.05, 0) is 35.1 Å². The van der Waals surface area contributed by atoms with E-state index in [0.717, 1.165) is 27.2 Å². The van der Waals surface area contributed by atoms with Crippen LogP contribution in [0.4, 0.5) is 13.6 Å². The molecule has 1 unspecified atom stereocenters. The molecule has 2 aromatic carbocycles. The van der Waals surface area contributed by atoms with Crippen LogP contribution in [0.15, 0.2) is 48.5 Å². The molecule has 4 rings (SSSR count). The number of likely N-dealkylation sites (N-methyl/N-ethyl adjacent to an activating group) is 1. The molecule has 2 N–H and O–H groups in total. The topological polar surface area (TPSA) is 95.9 Å². The fraction of sp³-hybridized carbons (Fsp3) is 0.423. The normalized spacial score (nSPS) is 16.9. The van der Waals surface area contributed by atoms with Crippen molar-refractivity contribution in [3.63, 3.8) is 0 Å². The van der Waals surface area contributed by atoms with Crippen molar-refractivity contribution in [2.75, 3.05) is 13.7 Å². The lowest BCUT2D eigenvalue weighted by Gasteiger charge is -2.35. The number of fused-ring (bicyclic) bond motifs is 3. The number of carbonyl (C=O) groups excluding carboxylic acids is 2. The van der Waals surface area contributed by atoms with Crippen molar-refractivity contribution >= 4 is 18.0 Å². The average Bonchev–Trinajstić information content (AvgIpc) is 3.46. The Kier molecular flexibility index (Phi) is 7.05. The van der Waals surface area contributed by atoms with Gasteiger partial charge >= 0.3 is 12.1 Å². The van der Waals surface area contributed by atoms with Crippen LogP contribution < -0.4 is 5.32 Å². The molecule has 2 aliphatic rings. The van der Waals surface area contributed by atoms with Gasteiger partial charge in [0.2, 0.25) is 5.91 Å². The predicted octanol–water partition coefficient (Wildman–Crippen LogP) is 4.40. The first-order chi connectivity index (χ1) is 16.7. The third-order valence-corrected chi connectivity index (χ3v) is 7.19. The summed E-state index contributed by atoms with van der Waals surface area (Å²) in [7, 11) is 1.32. The SMILES string of the molecule is CN(C(=O)CC(NC(=O)OCC1c2ccccc2-c2ccccc21)C(F)F)C1(C(=O)O)CCCC1. The van der Waals surface area contributed by atoms with E-state index in [1.807, 2.05) is 48.5 Å². The Labute approximate surface area is 202 Å². The number of carboxylic acid groups (broad SMARTS) is 1. The Morgan fingerprint density at radius 1 is 1.06 bits per heavy atom. The molecule has 0 radical (unpaired) electrons. The van der Waals surface area contributed by atoms with Crippen molar-refractivity contribution in [3.05, 3.63) is 59.7 Å². The van der Waals surface area contributed by atoms with Gasteiger partial charge < -0.3 is 20.1 Å². The molecule has 9 heteroatoms. The van der Waals surface area contributed by atoms with Crippen LogP contribution in [0.25, 0.3) is 11.1 Å². The number of alkyl halides is 2. The summed E-state index contributed by atoms with van der Waals surface area (Å²) < 4.78 is 32.7. The van der Waals surface area contributed by atoms with E-state index in [1.165, 1.54) is 7.05 Å². The van der Waals surface area contributed by atoms with E-state index in [1.54, 1.807) is 0 Å². The summed E-state index contributed by atoms with van der Waals surface area (Å²) in [4.78, 5) is 38.0. The number of alkyl carbamates (subject to hydrolysis) is 1. The van der Waals surface area contributed by atoms with E-state index < -0.39 is 42.4 Å². The average molecular weight is 487 g/mol. The standard InChI is InChI=1S/C26H28F2N2O5/c1-30(26(24(32)33)12-6-7-13-26)22(31)14-21(23(27)28)29-25(34)35-15-20-18-10-4-2-8-16(18)17-9-3-5-11-19(17)20/h2-5,8-11,20-21,23H,6-7,12-15H2,1H3,(H,29,34)(H,32,33). The number of aliphatic carboxylic acids is 1. The second kappa shape index (κ2) is 10.0. The molecule has 0 aromatic heterocycles. The van der Waals surface area contributed by atoms with Crippen LogP contribution in [-0.2, 0) is 14.3 Å². The van der Waals surface area contributed by atoms with Crippen LogP contribution in [0.5, 0.6) is 0 Å². The van der Waals surface area contributed by atoms with Gasteiger partial charge in [0, 0.05) is 13.0 Å². The minimum atomic E-state index is -3.03. The number of benzene rings is 2. The Morgan fingerprint density at radius 3 is 2.11 bits per heavy atom. The zero-order valence-corrected chi connectivity index (χ0v) is 19.4. The molecule has 0 heterocycles. The smallest absolute Gasteiger partial charge is 0.407 e. The van der Waals surface area contributed by atoms with E-state index in [0.29, 0.717) is 12.8 Å². The van der Waals surface area contributed by atoms with Crippen molar-refractivity contribution in [2.24, 2.45) is 0 Å². The summed E-state index contributed by atoms with van der Waals surface area (Å²) in [6.45, 7) is -0.0498. The summed E-state index contributed by atoms with van der Waals surface area (Å²) in [6.07, 6.45) is -3.00. The van der Waals surface area contributed by atoms with Crippen LogP contribution in [0.3, 0.4) is 0 Å². The summed E-state index contributed by atoms with van der Waals surface area (Å²) in [6, 6.07) is 13.7. The number of hydrogen-bond acceptors (Lipinski definition) is 4. The highest BCUT2D eigenvalue weighted by molar-refractivity contribution is 5.87. The molecule has 0 spiro atoms. The fourth-order valence-corrected chi connectivity index (χ4v) is 5.21. The molecule has 1 fully saturated rings. The minimum Gasteiger partial charge on any atom is -0.479 e. The third-order valence-electron chi connectivity index (χ3n) is 7.19. The van der Waals surface area contributed by atoms with Gasteiger partial charge in [-0.3, -0.25) is 4.79 Å². The predicted molar refractivity (Wildman–Crippen MR) is 124 cm³/mol. The second-order valence-electron chi connectivity index (χ2n) is 9.11. The highest BCUT2D eigenvalue weighted by atomic mass is 19.3. The molecule has 0 bridgehead atoms. The first kappa shape index (κ1) is 24.6. The number of ether oxygens (including phenoxy) is 1. The molecule has 7 nitrogen and oxygen atoms in total. The summed E-state index contributed by atoms with van der Waals surface area (Å²) in [5.41, 5.74) is 2.65. The van der Waals surface area contributed by atoms with E-state index >= 15 is 0 Å². The Balaban J connectivity index is 1.39. The number of hydrogen-bond donors (Lipinski definition) is 2. The summed E-state index contributed by atoms with van der Waals surface area (Å²) in [5.74, 6) is -2.15. The zero-order valence-electron chi connectivity index (χ0n) is 19.4. The van der Waals surface area contributed by atoms with Gasteiger partial charge in [0.25, 0.3) is 6.43 Å². The van der Waals surface area contributed by atoms with Crippen LogP contribution in [0, 0.1) is 0 Å². The van der Waals surface area contributed by atoms with Gasteiger partial charge in [-0.15, -0.1) is 0 Å². The molecule has 0 saturated heterocycles. The maximum atomic E-state index is 13.7. The first-order valence-electron chi connectivity index (χ1n) is 11.6. The van der Waals surface area contributed by atoms with Crippen LogP contribution in [0.1, 0.15) is 49.1 Å². The monoisotopic (exact) mass is 486 g/mol. The molecule has 2 aromatic rings. The lowest BCUT2D eigenvalue weighted by molar-refractivity contribution is -0.158. The molecule has 1 saturated carbocycles. The Hall–Kier alpha value is -3.49. The number of halogens is 2. The van der Waals surface area contributed by atoms with Crippen molar-refractivity contribution in [3.8, 4) is 11.1 Å².